The molecule has 1 aliphatic rings. The third-order valence-corrected chi connectivity index (χ3v) is 5.30. The van der Waals surface area contributed by atoms with Gasteiger partial charge in [0.25, 0.3) is 0 Å². The Morgan fingerprint density at radius 2 is 1.48 bits per heavy atom. The molecule has 0 fully saturated rings. The van der Waals surface area contributed by atoms with E-state index in [1.807, 2.05) is 42.5 Å². The van der Waals surface area contributed by atoms with Crippen LogP contribution >= 0.6 is 0 Å². The van der Waals surface area contributed by atoms with Gasteiger partial charge in [-0.25, -0.2) is 4.98 Å². The summed E-state index contributed by atoms with van der Waals surface area (Å²) in [5.41, 5.74) is 5.35. The molecule has 0 saturated carbocycles. The average Bonchev–Trinajstić information content (AvgIpc) is 3.17. The molecule has 0 aliphatic carbocycles. The van der Waals surface area contributed by atoms with Crippen LogP contribution in [0.25, 0.3) is 16.7 Å². The van der Waals surface area contributed by atoms with Crippen molar-refractivity contribution in [1.82, 2.24) is 9.55 Å². The quantitative estimate of drug-likeness (QED) is 0.532. The van der Waals surface area contributed by atoms with Crippen molar-refractivity contribution in [2.75, 3.05) is 19.5 Å². The summed E-state index contributed by atoms with van der Waals surface area (Å²) < 4.78 is 12.9. The fourth-order valence-electron chi connectivity index (χ4n) is 3.79. The van der Waals surface area contributed by atoms with Crippen LogP contribution in [-0.2, 0) is 0 Å². The zero-order valence-corrected chi connectivity index (χ0v) is 16.3. The van der Waals surface area contributed by atoms with Gasteiger partial charge >= 0.3 is 0 Å². The van der Waals surface area contributed by atoms with E-state index >= 15 is 0 Å². The number of hydrogen-bond donors (Lipinski definition) is 1. The highest BCUT2D eigenvalue weighted by molar-refractivity contribution is 5.85. The lowest BCUT2D eigenvalue weighted by Gasteiger charge is -2.26. The molecule has 1 aromatic heterocycles. The fraction of sp³-hybridized carbons (Fsp3) is 0.125. The fourth-order valence-corrected chi connectivity index (χ4v) is 3.79. The summed E-state index contributed by atoms with van der Waals surface area (Å²) in [4.78, 5) is 4.83. The van der Waals surface area contributed by atoms with E-state index in [0.29, 0.717) is 0 Å². The van der Waals surface area contributed by atoms with Gasteiger partial charge in [-0.2, -0.15) is 0 Å². The molecular formula is C24H21N3O2. The Bertz CT molecular complexity index is 1190. The molecule has 3 aromatic carbocycles. The average molecular weight is 383 g/mol. The molecule has 0 bridgehead atoms. The molecule has 2 heterocycles. The summed E-state index contributed by atoms with van der Waals surface area (Å²) in [6.45, 7) is 0. The number of para-hydroxylation sites is 2. The lowest BCUT2D eigenvalue weighted by Crippen LogP contribution is -2.19. The number of nitrogens with zero attached hydrogens (tertiary/aromatic N) is 2. The number of methoxy groups -OCH3 is 2. The van der Waals surface area contributed by atoms with Crippen molar-refractivity contribution in [3.63, 3.8) is 0 Å². The minimum atomic E-state index is 0.0154. The van der Waals surface area contributed by atoms with E-state index in [0.717, 1.165) is 39.7 Å². The lowest BCUT2D eigenvalue weighted by atomic mass is 10.0. The van der Waals surface area contributed by atoms with Crippen molar-refractivity contribution in [2.45, 2.75) is 6.04 Å². The summed E-state index contributed by atoms with van der Waals surface area (Å²) in [5, 5.41) is 3.51. The Hall–Kier alpha value is -3.73. The molecule has 1 atom stereocenters. The van der Waals surface area contributed by atoms with Crippen molar-refractivity contribution in [3.05, 3.63) is 90.0 Å². The van der Waals surface area contributed by atoms with Crippen molar-refractivity contribution in [3.8, 4) is 11.5 Å². The van der Waals surface area contributed by atoms with Crippen LogP contribution in [0.15, 0.2) is 78.9 Å². The van der Waals surface area contributed by atoms with Gasteiger partial charge < -0.3 is 14.8 Å². The van der Waals surface area contributed by atoms with Gasteiger partial charge in [-0.3, -0.25) is 4.57 Å². The molecule has 0 radical (unpaired) electrons. The molecular weight excluding hydrogens is 362 g/mol. The van der Waals surface area contributed by atoms with Crippen molar-refractivity contribution >= 4 is 22.7 Å². The first-order valence-electron chi connectivity index (χ1n) is 9.51. The van der Waals surface area contributed by atoms with Crippen LogP contribution in [0.2, 0.25) is 0 Å². The van der Waals surface area contributed by atoms with E-state index in [4.69, 9.17) is 14.5 Å². The van der Waals surface area contributed by atoms with Crippen LogP contribution in [0, 0.1) is 0 Å². The highest BCUT2D eigenvalue weighted by Crippen LogP contribution is 2.37. The van der Waals surface area contributed by atoms with Gasteiger partial charge in [0.2, 0.25) is 5.95 Å². The van der Waals surface area contributed by atoms with Gasteiger partial charge in [-0.15, -0.1) is 0 Å². The van der Waals surface area contributed by atoms with Crippen LogP contribution in [0.5, 0.6) is 11.5 Å². The molecule has 1 aliphatic heterocycles. The first-order chi connectivity index (χ1) is 14.3. The number of ether oxygens (including phenoxy) is 2. The second kappa shape index (κ2) is 7.02. The summed E-state index contributed by atoms with van der Waals surface area (Å²) in [7, 11) is 3.36. The Kier molecular flexibility index (Phi) is 4.21. The normalized spacial score (nSPS) is 15.4. The van der Waals surface area contributed by atoms with E-state index in [1.165, 1.54) is 5.56 Å². The number of aromatic nitrogens is 2. The van der Waals surface area contributed by atoms with E-state index in [9.17, 15) is 0 Å². The Labute approximate surface area is 169 Å². The molecule has 0 spiro atoms. The van der Waals surface area contributed by atoms with E-state index in [2.05, 4.69) is 46.3 Å². The van der Waals surface area contributed by atoms with Gasteiger partial charge in [0.05, 0.1) is 31.3 Å². The predicted octanol–water partition coefficient (Wildman–Crippen LogP) is 5.11. The highest BCUT2D eigenvalue weighted by Gasteiger charge is 2.25. The number of imidazole rings is 1. The maximum atomic E-state index is 5.33. The van der Waals surface area contributed by atoms with Gasteiger partial charge in [-0.1, -0.05) is 24.3 Å². The first-order valence-corrected chi connectivity index (χ1v) is 9.51. The number of rotatable bonds is 4. The van der Waals surface area contributed by atoms with Crippen molar-refractivity contribution < 1.29 is 9.47 Å². The van der Waals surface area contributed by atoms with E-state index < -0.39 is 0 Å². The summed E-state index contributed by atoms with van der Waals surface area (Å²) in [6.07, 6.45) is 2.24. The van der Waals surface area contributed by atoms with E-state index in [1.54, 1.807) is 14.2 Å². The van der Waals surface area contributed by atoms with Crippen LogP contribution in [0.1, 0.15) is 17.2 Å². The number of allylic oxidation sites excluding steroid dienone is 1. The second-order valence-corrected chi connectivity index (χ2v) is 6.95. The van der Waals surface area contributed by atoms with Crippen LogP contribution in [0.3, 0.4) is 0 Å². The number of fused-ring (bicyclic) bond motifs is 3. The zero-order valence-electron chi connectivity index (χ0n) is 16.3. The summed E-state index contributed by atoms with van der Waals surface area (Å²) >= 11 is 0. The predicted molar refractivity (Wildman–Crippen MR) is 115 cm³/mol. The third kappa shape index (κ3) is 3.01. The highest BCUT2D eigenvalue weighted by atomic mass is 16.5. The van der Waals surface area contributed by atoms with Crippen molar-refractivity contribution in [2.24, 2.45) is 0 Å². The molecule has 5 heteroatoms. The number of anilines is 1. The Morgan fingerprint density at radius 3 is 2.17 bits per heavy atom. The van der Waals surface area contributed by atoms with Gasteiger partial charge in [0.1, 0.15) is 11.5 Å². The minimum absolute atomic E-state index is 0.0154. The lowest BCUT2D eigenvalue weighted by molar-refractivity contribution is 0.414. The van der Waals surface area contributed by atoms with Crippen LogP contribution in [0.4, 0.5) is 5.95 Å². The molecule has 5 rings (SSSR count). The molecule has 0 amide bonds. The van der Waals surface area contributed by atoms with Crippen LogP contribution < -0.4 is 14.8 Å². The molecule has 1 N–H and O–H groups in total. The molecule has 0 saturated heterocycles. The maximum absolute atomic E-state index is 5.33. The number of benzene rings is 3. The molecule has 144 valence electrons. The number of nitrogens with one attached hydrogen (secondary N) is 1. The summed E-state index contributed by atoms with van der Waals surface area (Å²) in [6, 6.07) is 24.5. The minimum Gasteiger partial charge on any atom is -0.497 e. The smallest absolute Gasteiger partial charge is 0.209 e. The molecule has 5 nitrogen and oxygen atoms in total. The van der Waals surface area contributed by atoms with Gasteiger partial charge in [0.15, 0.2) is 0 Å². The Morgan fingerprint density at radius 1 is 0.828 bits per heavy atom. The molecule has 0 unspecified atom stereocenters. The zero-order chi connectivity index (χ0) is 19.8. The monoisotopic (exact) mass is 383 g/mol. The van der Waals surface area contributed by atoms with Gasteiger partial charge in [-0.05, 0) is 65.7 Å². The standard InChI is InChI=1S/C24H21N3O2/c1-28-18-11-7-16(8-12-18)21-15-23(17-9-13-19(29-2)14-10-17)27-22-6-4-3-5-20(22)25-24(27)26-21/h3-15,23H,1-2H3,(H,25,26)/t23-/m1/s1. The SMILES string of the molecule is COc1ccc(C2=C[C@H](c3ccc(OC)cc3)n3c(nc4ccccc43)N2)cc1. The summed E-state index contributed by atoms with van der Waals surface area (Å²) in [5.74, 6) is 2.52. The third-order valence-electron chi connectivity index (χ3n) is 5.30. The largest absolute Gasteiger partial charge is 0.497 e. The molecule has 29 heavy (non-hydrogen) atoms. The maximum Gasteiger partial charge on any atom is 0.209 e. The van der Waals surface area contributed by atoms with Crippen molar-refractivity contribution in [1.29, 1.82) is 0 Å². The van der Waals surface area contributed by atoms with E-state index in [-0.39, 0.29) is 6.04 Å². The number of hydrogen-bond acceptors (Lipinski definition) is 4. The molecule has 4 aromatic rings. The second-order valence-electron chi connectivity index (χ2n) is 6.95. The van der Waals surface area contributed by atoms with Gasteiger partial charge in [0, 0.05) is 5.70 Å². The van der Waals surface area contributed by atoms with Crippen LogP contribution in [-0.4, -0.2) is 23.8 Å². The topological polar surface area (TPSA) is 48.3 Å². The Balaban J connectivity index is 1.66. The first kappa shape index (κ1) is 17.4.